The first kappa shape index (κ1) is 12.4. The first-order valence-corrected chi connectivity index (χ1v) is 5.25. The van der Waals surface area contributed by atoms with E-state index in [-0.39, 0.29) is 6.61 Å². The zero-order chi connectivity index (χ0) is 12.0. The number of hydrogen-bond donors (Lipinski definition) is 1. The van der Waals surface area contributed by atoms with Crippen molar-refractivity contribution in [1.29, 1.82) is 0 Å². The van der Waals surface area contributed by atoms with Crippen LogP contribution in [0.1, 0.15) is 33.5 Å². The number of benzene rings is 1. The molecule has 0 heterocycles. The number of hydrogen-bond acceptors (Lipinski definition) is 2. The lowest BCUT2D eigenvalue weighted by Gasteiger charge is -2.10. The Morgan fingerprint density at radius 1 is 1.19 bits per heavy atom. The second kappa shape index (κ2) is 6.03. The van der Waals surface area contributed by atoms with E-state index in [0.29, 0.717) is 12.0 Å². The van der Waals surface area contributed by atoms with E-state index in [1.54, 1.807) is 18.2 Å². The minimum atomic E-state index is 0.162. The molecule has 0 saturated carbocycles. The maximum atomic E-state index is 10.9. The van der Waals surface area contributed by atoms with E-state index >= 15 is 0 Å². The molecule has 2 heteroatoms. The maximum absolute atomic E-state index is 10.9. The summed E-state index contributed by atoms with van der Waals surface area (Å²) in [7, 11) is 0. The van der Waals surface area contributed by atoms with Gasteiger partial charge < -0.3 is 5.11 Å². The third-order valence-corrected chi connectivity index (χ3v) is 2.55. The predicted octanol–water partition coefficient (Wildman–Crippen LogP) is 2.71. The molecule has 16 heavy (non-hydrogen) atoms. The molecule has 84 valence electrons. The van der Waals surface area contributed by atoms with Gasteiger partial charge in [-0.1, -0.05) is 37.4 Å². The van der Waals surface area contributed by atoms with Crippen molar-refractivity contribution >= 4 is 18.4 Å². The number of carbonyl (C=O) groups is 1. The van der Waals surface area contributed by atoms with Crippen molar-refractivity contribution in [3.8, 4) is 0 Å². The van der Waals surface area contributed by atoms with Crippen LogP contribution in [0, 0.1) is 0 Å². The summed E-state index contributed by atoms with van der Waals surface area (Å²) in [6.45, 7) is 7.63. The average Bonchev–Trinajstić information content (AvgIpc) is 2.34. The van der Waals surface area contributed by atoms with Crippen LogP contribution < -0.4 is 0 Å². The highest BCUT2D eigenvalue weighted by Crippen LogP contribution is 2.22. The van der Waals surface area contributed by atoms with E-state index in [1.807, 2.05) is 6.07 Å². The van der Waals surface area contributed by atoms with Gasteiger partial charge in [0.25, 0.3) is 0 Å². The van der Waals surface area contributed by atoms with E-state index < -0.39 is 0 Å². The van der Waals surface area contributed by atoms with Crippen LogP contribution >= 0.6 is 0 Å². The Morgan fingerprint density at radius 2 is 1.88 bits per heavy atom. The van der Waals surface area contributed by atoms with E-state index in [9.17, 15) is 4.79 Å². The van der Waals surface area contributed by atoms with Crippen molar-refractivity contribution in [2.24, 2.45) is 0 Å². The largest absolute Gasteiger partial charge is 0.396 e. The highest BCUT2D eigenvalue weighted by atomic mass is 16.2. The Labute approximate surface area is 95.9 Å². The molecule has 1 rings (SSSR count). The lowest BCUT2D eigenvalue weighted by atomic mass is 9.94. The Kier molecular flexibility index (Phi) is 4.67. The molecule has 0 aliphatic carbocycles. The molecule has 0 fully saturated rings. The molecule has 1 aromatic carbocycles. The molecule has 0 atom stereocenters. The van der Waals surface area contributed by atoms with Crippen LogP contribution in [0.4, 0.5) is 0 Å². The average molecular weight is 216 g/mol. The molecule has 0 amide bonds. The molecule has 0 spiro atoms. The number of aliphatic hydroxyl groups is 1. The SMILES string of the molecule is C=Cc1c(C=O)ccc(CCCO)c1C=C. The Bertz CT molecular complexity index is 405. The van der Waals surface area contributed by atoms with Gasteiger partial charge in [0.1, 0.15) is 0 Å². The summed E-state index contributed by atoms with van der Waals surface area (Å²) < 4.78 is 0. The van der Waals surface area contributed by atoms with Crippen molar-refractivity contribution in [3.63, 3.8) is 0 Å². The number of aldehydes is 1. The fourth-order valence-electron chi connectivity index (χ4n) is 1.76. The summed E-state index contributed by atoms with van der Waals surface area (Å²) in [6, 6.07) is 3.69. The number of aryl methyl sites for hydroxylation is 1. The van der Waals surface area contributed by atoms with E-state index in [2.05, 4.69) is 13.2 Å². The highest BCUT2D eigenvalue weighted by Gasteiger charge is 2.07. The molecule has 0 radical (unpaired) electrons. The van der Waals surface area contributed by atoms with Crippen LogP contribution in [0.15, 0.2) is 25.3 Å². The molecule has 0 unspecified atom stereocenters. The fourth-order valence-corrected chi connectivity index (χ4v) is 1.76. The summed E-state index contributed by atoms with van der Waals surface area (Å²) in [5, 5.41) is 8.82. The van der Waals surface area contributed by atoms with Gasteiger partial charge in [-0.2, -0.15) is 0 Å². The summed E-state index contributed by atoms with van der Waals surface area (Å²) >= 11 is 0. The lowest BCUT2D eigenvalue weighted by Crippen LogP contribution is -1.98. The van der Waals surface area contributed by atoms with Crippen molar-refractivity contribution in [3.05, 3.63) is 47.5 Å². The third kappa shape index (κ3) is 2.47. The monoisotopic (exact) mass is 216 g/mol. The van der Waals surface area contributed by atoms with Gasteiger partial charge in [-0.25, -0.2) is 0 Å². The van der Waals surface area contributed by atoms with Gasteiger partial charge in [0, 0.05) is 12.2 Å². The van der Waals surface area contributed by atoms with Gasteiger partial charge in [-0.15, -0.1) is 0 Å². The number of carbonyl (C=O) groups excluding carboxylic acids is 1. The zero-order valence-corrected chi connectivity index (χ0v) is 9.28. The smallest absolute Gasteiger partial charge is 0.150 e. The third-order valence-electron chi connectivity index (χ3n) is 2.55. The molecule has 0 bridgehead atoms. The van der Waals surface area contributed by atoms with Crippen LogP contribution in [0.3, 0.4) is 0 Å². The number of aliphatic hydroxyl groups excluding tert-OH is 1. The van der Waals surface area contributed by atoms with Crippen LogP contribution in [0.5, 0.6) is 0 Å². The van der Waals surface area contributed by atoms with Crippen molar-refractivity contribution in [1.82, 2.24) is 0 Å². The zero-order valence-electron chi connectivity index (χ0n) is 9.28. The van der Waals surface area contributed by atoms with Crippen molar-refractivity contribution in [2.45, 2.75) is 12.8 Å². The van der Waals surface area contributed by atoms with Gasteiger partial charge in [0.15, 0.2) is 6.29 Å². The van der Waals surface area contributed by atoms with E-state index in [4.69, 9.17) is 5.11 Å². The summed E-state index contributed by atoms with van der Waals surface area (Å²) in [5.74, 6) is 0. The molecule has 1 aromatic rings. The summed E-state index contributed by atoms with van der Waals surface area (Å²) in [4.78, 5) is 10.9. The molecule has 1 N–H and O–H groups in total. The lowest BCUT2D eigenvalue weighted by molar-refractivity contribution is 0.112. The van der Waals surface area contributed by atoms with Gasteiger partial charge in [0.2, 0.25) is 0 Å². The molecule has 2 nitrogen and oxygen atoms in total. The highest BCUT2D eigenvalue weighted by molar-refractivity contribution is 5.85. The topological polar surface area (TPSA) is 37.3 Å². The second-order valence-electron chi connectivity index (χ2n) is 3.49. The molecular weight excluding hydrogens is 200 g/mol. The second-order valence-corrected chi connectivity index (χ2v) is 3.49. The first-order valence-electron chi connectivity index (χ1n) is 5.25. The number of rotatable bonds is 6. The minimum Gasteiger partial charge on any atom is -0.396 e. The van der Waals surface area contributed by atoms with Crippen molar-refractivity contribution in [2.75, 3.05) is 6.61 Å². The first-order chi connectivity index (χ1) is 7.78. The molecule has 0 aromatic heterocycles. The molecular formula is C14H16O2. The van der Waals surface area contributed by atoms with Gasteiger partial charge >= 0.3 is 0 Å². The van der Waals surface area contributed by atoms with Gasteiger partial charge in [0.05, 0.1) is 0 Å². The quantitative estimate of drug-likeness (QED) is 0.742. The van der Waals surface area contributed by atoms with E-state index in [1.165, 1.54) is 0 Å². The van der Waals surface area contributed by atoms with E-state index in [0.717, 1.165) is 29.4 Å². The van der Waals surface area contributed by atoms with Crippen LogP contribution in [0.25, 0.3) is 12.2 Å². The Balaban J connectivity index is 3.25. The normalized spacial score (nSPS) is 9.81. The van der Waals surface area contributed by atoms with Crippen molar-refractivity contribution < 1.29 is 9.90 Å². The fraction of sp³-hybridized carbons (Fsp3) is 0.214. The molecule has 0 aliphatic rings. The van der Waals surface area contributed by atoms with Gasteiger partial charge in [-0.05, 0) is 29.5 Å². The minimum absolute atomic E-state index is 0.162. The molecule has 0 saturated heterocycles. The summed E-state index contributed by atoms with van der Waals surface area (Å²) in [5.41, 5.74) is 3.47. The Morgan fingerprint density at radius 3 is 2.38 bits per heavy atom. The molecule has 0 aliphatic heterocycles. The van der Waals surface area contributed by atoms with Crippen LogP contribution in [-0.4, -0.2) is 18.0 Å². The Hall–Kier alpha value is -1.67. The standard InChI is InChI=1S/C14H16O2/c1-3-13-11(6-5-9-15)7-8-12(10-16)14(13)4-2/h3-4,7-8,10,15H,1-2,5-6,9H2. The summed E-state index contributed by atoms with van der Waals surface area (Å²) in [6.07, 6.45) is 5.70. The van der Waals surface area contributed by atoms with Crippen LogP contribution in [0.2, 0.25) is 0 Å². The maximum Gasteiger partial charge on any atom is 0.150 e. The van der Waals surface area contributed by atoms with Crippen LogP contribution in [-0.2, 0) is 6.42 Å². The van der Waals surface area contributed by atoms with Gasteiger partial charge in [-0.3, -0.25) is 4.79 Å². The predicted molar refractivity (Wildman–Crippen MR) is 67.4 cm³/mol.